The first kappa shape index (κ1) is 13.8. The monoisotopic (exact) mass is 253 g/mol. The van der Waals surface area contributed by atoms with Crippen LogP contribution in [0.25, 0.3) is 0 Å². The Balaban J connectivity index is 1.92. The molecule has 1 saturated heterocycles. The van der Waals surface area contributed by atoms with Crippen LogP contribution in [0.2, 0.25) is 0 Å². The van der Waals surface area contributed by atoms with Gasteiger partial charge in [-0.15, -0.1) is 0 Å². The van der Waals surface area contributed by atoms with Crippen molar-refractivity contribution >= 4 is 5.91 Å². The Kier molecular flexibility index (Phi) is 5.01. The van der Waals surface area contributed by atoms with E-state index >= 15 is 0 Å². The van der Waals surface area contributed by atoms with E-state index in [1.54, 1.807) is 7.05 Å². The molecular formula is C14H27N3O. The molecule has 0 aromatic heterocycles. The lowest BCUT2D eigenvalue weighted by atomic mass is 9.79. The number of amides is 1. The summed E-state index contributed by atoms with van der Waals surface area (Å²) in [5, 5.41) is 9.90. The molecule has 1 amide bonds. The van der Waals surface area contributed by atoms with E-state index in [0.717, 1.165) is 0 Å². The molecular weight excluding hydrogens is 226 g/mol. The maximum atomic E-state index is 11.6. The Bertz CT molecular complexity index is 276. The lowest BCUT2D eigenvalue weighted by molar-refractivity contribution is -0.122. The van der Waals surface area contributed by atoms with E-state index in [-0.39, 0.29) is 11.9 Å². The van der Waals surface area contributed by atoms with E-state index in [1.165, 1.54) is 45.1 Å². The van der Waals surface area contributed by atoms with Crippen LogP contribution in [0.3, 0.4) is 0 Å². The third kappa shape index (κ3) is 3.23. The van der Waals surface area contributed by atoms with Crippen LogP contribution in [0.4, 0.5) is 0 Å². The molecule has 4 nitrogen and oxygen atoms in total. The summed E-state index contributed by atoms with van der Waals surface area (Å²) in [5.74, 6) is 0.798. The quantitative estimate of drug-likeness (QED) is 0.701. The Morgan fingerprint density at radius 3 is 2.67 bits per heavy atom. The van der Waals surface area contributed by atoms with Gasteiger partial charge in [0.05, 0.1) is 6.04 Å². The maximum Gasteiger partial charge on any atom is 0.236 e. The standard InChI is InChI=1S/C14H27N3O/c1-10(14(18)15-2)17-13-7-4-3-6-11(13)12-8-5-9-16-12/h10-13,16-17H,3-9H2,1-2H3,(H,15,18). The first-order chi connectivity index (χ1) is 8.72. The smallest absolute Gasteiger partial charge is 0.236 e. The SMILES string of the molecule is CNC(=O)C(C)NC1CCCCC1C1CCCN1. The molecule has 0 aromatic carbocycles. The van der Waals surface area contributed by atoms with E-state index in [4.69, 9.17) is 0 Å². The molecule has 1 heterocycles. The fraction of sp³-hybridized carbons (Fsp3) is 0.929. The highest BCUT2D eigenvalue weighted by atomic mass is 16.2. The van der Waals surface area contributed by atoms with Crippen LogP contribution in [0.1, 0.15) is 45.4 Å². The minimum atomic E-state index is -0.0815. The number of nitrogens with one attached hydrogen (secondary N) is 3. The normalized spacial score (nSPS) is 34.2. The van der Waals surface area contributed by atoms with Gasteiger partial charge in [0.2, 0.25) is 5.91 Å². The van der Waals surface area contributed by atoms with Crippen LogP contribution in [-0.2, 0) is 4.79 Å². The summed E-state index contributed by atoms with van der Waals surface area (Å²) in [6, 6.07) is 1.09. The van der Waals surface area contributed by atoms with Crippen molar-refractivity contribution < 1.29 is 4.79 Å². The topological polar surface area (TPSA) is 53.2 Å². The van der Waals surface area contributed by atoms with Crippen molar-refractivity contribution in [2.75, 3.05) is 13.6 Å². The van der Waals surface area contributed by atoms with Gasteiger partial charge in [0.25, 0.3) is 0 Å². The first-order valence-corrected chi connectivity index (χ1v) is 7.43. The lowest BCUT2D eigenvalue weighted by Crippen LogP contribution is -2.53. The minimum Gasteiger partial charge on any atom is -0.358 e. The molecule has 1 aliphatic heterocycles. The predicted octanol–water partition coefficient (Wildman–Crippen LogP) is 1.02. The average Bonchev–Trinajstić information content (AvgIpc) is 2.92. The van der Waals surface area contributed by atoms with Crippen molar-refractivity contribution in [2.45, 2.75) is 63.6 Å². The molecule has 2 aliphatic rings. The van der Waals surface area contributed by atoms with Crippen molar-refractivity contribution in [2.24, 2.45) is 5.92 Å². The fourth-order valence-electron chi connectivity index (χ4n) is 3.54. The molecule has 0 spiro atoms. The number of carbonyl (C=O) groups excluding carboxylic acids is 1. The summed E-state index contributed by atoms with van der Waals surface area (Å²) in [4.78, 5) is 11.6. The van der Waals surface area contributed by atoms with Gasteiger partial charge < -0.3 is 16.0 Å². The molecule has 1 saturated carbocycles. The van der Waals surface area contributed by atoms with Crippen LogP contribution >= 0.6 is 0 Å². The molecule has 0 radical (unpaired) electrons. The Hall–Kier alpha value is -0.610. The summed E-state index contributed by atoms with van der Waals surface area (Å²) < 4.78 is 0. The van der Waals surface area contributed by atoms with E-state index in [1.807, 2.05) is 6.92 Å². The molecule has 4 atom stereocenters. The summed E-state index contributed by atoms with van der Waals surface area (Å²) in [7, 11) is 1.71. The van der Waals surface area contributed by atoms with Gasteiger partial charge >= 0.3 is 0 Å². The van der Waals surface area contributed by atoms with Gasteiger partial charge in [0, 0.05) is 19.1 Å². The van der Waals surface area contributed by atoms with E-state index in [2.05, 4.69) is 16.0 Å². The summed E-state index contributed by atoms with van der Waals surface area (Å²) in [6.45, 7) is 3.13. The summed E-state index contributed by atoms with van der Waals surface area (Å²) in [5.41, 5.74) is 0. The van der Waals surface area contributed by atoms with Crippen molar-refractivity contribution in [1.82, 2.24) is 16.0 Å². The summed E-state index contributed by atoms with van der Waals surface area (Å²) >= 11 is 0. The zero-order chi connectivity index (χ0) is 13.0. The molecule has 0 aromatic rings. The molecule has 1 aliphatic carbocycles. The van der Waals surface area contributed by atoms with Crippen LogP contribution in [0.5, 0.6) is 0 Å². The van der Waals surface area contributed by atoms with Crippen molar-refractivity contribution in [3.63, 3.8) is 0 Å². The van der Waals surface area contributed by atoms with Gasteiger partial charge in [-0.25, -0.2) is 0 Å². The van der Waals surface area contributed by atoms with E-state index in [9.17, 15) is 4.79 Å². The van der Waals surface area contributed by atoms with Crippen molar-refractivity contribution in [3.05, 3.63) is 0 Å². The van der Waals surface area contributed by atoms with Crippen LogP contribution in [-0.4, -0.2) is 37.6 Å². The van der Waals surface area contributed by atoms with Gasteiger partial charge in [0.15, 0.2) is 0 Å². The highest BCUT2D eigenvalue weighted by molar-refractivity contribution is 5.80. The third-order valence-corrected chi connectivity index (χ3v) is 4.54. The predicted molar refractivity (Wildman–Crippen MR) is 73.4 cm³/mol. The molecule has 2 fully saturated rings. The number of carbonyl (C=O) groups is 1. The fourth-order valence-corrected chi connectivity index (χ4v) is 3.54. The third-order valence-electron chi connectivity index (χ3n) is 4.54. The van der Waals surface area contributed by atoms with Crippen molar-refractivity contribution in [3.8, 4) is 0 Å². The number of hydrogen-bond donors (Lipinski definition) is 3. The van der Waals surface area contributed by atoms with Gasteiger partial charge in [-0.2, -0.15) is 0 Å². The number of likely N-dealkylation sites (N-methyl/N-ethyl adjacent to an activating group) is 1. The molecule has 3 N–H and O–H groups in total. The van der Waals surface area contributed by atoms with Gasteiger partial charge in [-0.3, -0.25) is 4.79 Å². The average molecular weight is 253 g/mol. The van der Waals surface area contributed by atoms with Gasteiger partial charge in [-0.05, 0) is 45.1 Å². The summed E-state index contributed by atoms with van der Waals surface area (Å²) in [6.07, 6.45) is 7.76. The Labute approximate surface area is 110 Å². The highest BCUT2D eigenvalue weighted by Gasteiger charge is 2.34. The van der Waals surface area contributed by atoms with Crippen LogP contribution < -0.4 is 16.0 Å². The molecule has 18 heavy (non-hydrogen) atoms. The number of hydrogen-bond acceptors (Lipinski definition) is 3. The van der Waals surface area contributed by atoms with Crippen molar-refractivity contribution in [1.29, 1.82) is 0 Å². The molecule has 4 heteroatoms. The zero-order valence-corrected chi connectivity index (χ0v) is 11.7. The van der Waals surface area contributed by atoms with Gasteiger partial charge in [-0.1, -0.05) is 12.8 Å². The second-order valence-electron chi connectivity index (χ2n) is 5.76. The maximum absolute atomic E-state index is 11.6. The van der Waals surface area contributed by atoms with Gasteiger partial charge in [0.1, 0.15) is 0 Å². The number of rotatable bonds is 4. The lowest BCUT2D eigenvalue weighted by Gasteiger charge is -2.37. The van der Waals surface area contributed by atoms with E-state index < -0.39 is 0 Å². The van der Waals surface area contributed by atoms with E-state index in [0.29, 0.717) is 18.0 Å². The second kappa shape index (κ2) is 6.53. The molecule has 2 rings (SSSR count). The second-order valence-corrected chi connectivity index (χ2v) is 5.76. The largest absolute Gasteiger partial charge is 0.358 e. The van der Waals surface area contributed by atoms with Crippen LogP contribution in [0, 0.1) is 5.92 Å². The Morgan fingerprint density at radius 2 is 2.00 bits per heavy atom. The zero-order valence-electron chi connectivity index (χ0n) is 11.7. The van der Waals surface area contributed by atoms with Crippen LogP contribution in [0.15, 0.2) is 0 Å². The first-order valence-electron chi connectivity index (χ1n) is 7.43. The minimum absolute atomic E-state index is 0.0815. The highest BCUT2D eigenvalue weighted by Crippen LogP contribution is 2.30. The molecule has 4 unspecified atom stereocenters. The molecule has 104 valence electrons. The Morgan fingerprint density at radius 1 is 1.22 bits per heavy atom. The molecule has 0 bridgehead atoms.